The molecule has 0 spiro atoms. The second kappa shape index (κ2) is 6.97. The highest BCUT2D eigenvalue weighted by molar-refractivity contribution is 6.02. The summed E-state index contributed by atoms with van der Waals surface area (Å²) in [6.07, 6.45) is 0.535. The molecule has 1 heterocycles. The minimum atomic E-state index is -0.529. The van der Waals surface area contributed by atoms with Crippen molar-refractivity contribution < 1.29 is 10.0 Å². The number of nitrogens with two attached hydrogens (primary N) is 1. The average Bonchev–Trinajstić information content (AvgIpc) is 2.56. The Morgan fingerprint density at radius 3 is 2.43 bits per heavy atom. The van der Waals surface area contributed by atoms with Crippen LogP contribution in [0.2, 0.25) is 0 Å². The molecule has 21 heavy (non-hydrogen) atoms. The van der Waals surface area contributed by atoms with E-state index in [2.05, 4.69) is 22.2 Å². The van der Waals surface area contributed by atoms with E-state index in [0.717, 1.165) is 13.1 Å². The molecule has 114 valence electrons. The van der Waals surface area contributed by atoms with Crippen LogP contribution in [0.15, 0.2) is 35.5 Å². The van der Waals surface area contributed by atoms with Crippen LogP contribution in [0.1, 0.15) is 13.3 Å². The Kier molecular flexibility index (Phi) is 5.03. The van der Waals surface area contributed by atoms with Gasteiger partial charge in [-0.3, -0.25) is 4.79 Å². The molecule has 1 unspecified atom stereocenters. The maximum Gasteiger partial charge on any atom is 0.233 e. The molecule has 6 nitrogen and oxygen atoms in total. The number of hydrogen-bond donors (Lipinski definition) is 2. The van der Waals surface area contributed by atoms with Crippen molar-refractivity contribution >= 4 is 17.4 Å². The van der Waals surface area contributed by atoms with E-state index >= 15 is 0 Å². The molecule has 6 heteroatoms. The van der Waals surface area contributed by atoms with Crippen molar-refractivity contribution in [2.45, 2.75) is 13.3 Å². The number of oxime groups is 1. The molecule has 0 saturated carbocycles. The minimum Gasteiger partial charge on any atom is -0.409 e. The summed E-state index contributed by atoms with van der Waals surface area (Å²) in [5, 5.41) is 11.7. The highest BCUT2D eigenvalue weighted by Gasteiger charge is 2.29. The third kappa shape index (κ3) is 3.45. The predicted octanol–water partition coefficient (Wildman–Crippen LogP) is 1.11. The number of amidine groups is 1. The molecule has 1 fully saturated rings. The van der Waals surface area contributed by atoms with E-state index in [0.29, 0.717) is 19.5 Å². The summed E-state index contributed by atoms with van der Waals surface area (Å²) < 4.78 is 0. The van der Waals surface area contributed by atoms with Gasteiger partial charge in [0.1, 0.15) is 0 Å². The lowest BCUT2D eigenvalue weighted by atomic mass is 10.0. The first-order valence-corrected chi connectivity index (χ1v) is 7.23. The fourth-order valence-corrected chi connectivity index (χ4v) is 2.62. The number of hydrogen-bond acceptors (Lipinski definition) is 4. The van der Waals surface area contributed by atoms with Gasteiger partial charge in [0.2, 0.25) is 5.91 Å². The van der Waals surface area contributed by atoms with Crippen LogP contribution in [0.4, 0.5) is 5.69 Å². The second-order valence-electron chi connectivity index (χ2n) is 5.13. The highest BCUT2D eigenvalue weighted by atomic mass is 16.4. The largest absolute Gasteiger partial charge is 0.409 e. The highest BCUT2D eigenvalue weighted by Crippen LogP contribution is 2.17. The molecular formula is C15H22N4O2. The Balaban J connectivity index is 1.96. The molecule has 1 aromatic carbocycles. The molecule has 1 saturated heterocycles. The van der Waals surface area contributed by atoms with Gasteiger partial charge >= 0.3 is 0 Å². The van der Waals surface area contributed by atoms with Crippen LogP contribution >= 0.6 is 0 Å². The van der Waals surface area contributed by atoms with Gasteiger partial charge in [0.05, 0.1) is 5.92 Å². The van der Waals surface area contributed by atoms with Gasteiger partial charge < -0.3 is 20.7 Å². The van der Waals surface area contributed by atoms with Gasteiger partial charge in [0.15, 0.2) is 5.84 Å². The first kappa shape index (κ1) is 15.2. The van der Waals surface area contributed by atoms with Crippen molar-refractivity contribution in [1.82, 2.24) is 4.90 Å². The molecule has 1 aromatic rings. The van der Waals surface area contributed by atoms with Crippen molar-refractivity contribution in [3.05, 3.63) is 30.3 Å². The normalized spacial score (nSPS) is 17.7. The van der Waals surface area contributed by atoms with Crippen molar-refractivity contribution in [1.29, 1.82) is 0 Å². The van der Waals surface area contributed by atoms with Crippen molar-refractivity contribution in [3.63, 3.8) is 0 Å². The topological polar surface area (TPSA) is 82.2 Å². The van der Waals surface area contributed by atoms with E-state index in [9.17, 15) is 4.79 Å². The number of carbonyl (C=O) groups is 1. The molecule has 0 aromatic heterocycles. The van der Waals surface area contributed by atoms with E-state index in [1.54, 1.807) is 4.90 Å². The van der Waals surface area contributed by atoms with Crippen LogP contribution in [0.25, 0.3) is 0 Å². The van der Waals surface area contributed by atoms with Crippen molar-refractivity contribution in [2.75, 3.05) is 31.1 Å². The number of para-hydroxylation sites is 1. The monoisotopic (exact) mass is 290 g/mol. The Labute approximate surface area is 124 Å². The van der Waals surface area contributed by atoms with Crippen molar-refractivity contribution in [3.8, 4) is 0 Å². The molecule has 0 aliphatic carbocycles. The molecule has 0 bridgehead atoms. The van der Waals surface area contributed by atoms with Crippen LogP contribution in [0.5, 0.6) is 0 Å². The molecule has 1 aliphatic rings. The molecule has 2 rings (SSSR count). The van der Waals surface area contributed by atoms with E-state index in [4.69, 9.17) is 10.9 Å². The zero-order chi connectivity index (χ0) is 15.2. The van der Waals surface area contributed by atoms with E-state index in [1.165, 1.54) is 5.69 Å². The summed E-state index contributed by atoms with van der Waals surface area (Å²) in [5.74, 6) is -0.591. The smallest absolute Gasteiger partial charge is 0.233 e. The first-order chi connectivity index (χ1) is 10.2. The molecule has 1 amide bonds. The van der Waals surface area contributed by atoms with Crippen molar-refractivity contribution in [2.24, 2.45) is 16.8 Å². The lowest BCUT2D eigenvalue weighted by Gasteiger charge is -2.37. The Bertz CT molecular complexity index is 496. The summed E-state index contributed by atoms with van der Waals surface area (Å²) in [5.41, 5.74) is 6.77. The third-order valence-electron chi connectivity index (χ3n) is 3.89. The lowest BCUT2D eigenvalue weighted by Crippen LogP contribution is -2.52. The zero-order valence-electron chi connectivity index (χ0n) is 12.3. The van der Waals surface area contributed by atoms with Gasteiger partial charge in [-0.15, -0.1) is 0 Å². The number of nitrogens with zero attached hydrogens (tertiary/aromatic N) is 3. The zero-order valence-corrected chi connectivity index (χ0v) is 12.3. The van der Waals surface area contributed by atoms with Crippen LogP contribution < -0.4 is 10.6 Å². The third-order valence-corrected chi connectivity index (χ3v) is 3.89. The van der Waals surface area contributed by atoms with Crippen LogP contribution in [-0.2, 0) is 4.79 Å². The van der Waals surface area contributed by atoms with Gasteiger partial charge in [0, 0.05) is 31.9 Å². The second-order valence-corrected chi connectivity index (χ2v) is 5.13. The summed E-state index contributed by atoms with van der Waals surface area (Å²) in [6, 6.07) is 10.2. The number of rotatable bonds is 4. The Morgan fingerprint density at radius 1 is 1.29 bits per heavy atom. The molecule has 1 aliphatic heterocycles. The van der Waals surface area contributed by atoms with E-state index in [1.807, 2.05) is 25.1 Å². The van der Waals surface area contributed by atoms with E-state index in [-0.39, 0.29) is 11.7 Å². The molecule has 1 atom stereocenters. The van der Waals surface area contributed by atoms with E-state index < -0.39 is 5.92 Å². The number of anilines is 1. The summed E-state index contributed by atoms with van der Waals surface area (Å²) in [7, 11) is 0. The maximum atomic E-state index is 12.4. The standard InChI is InChI=1S/C15H22N4O2/c1-2-13(14(16)17-21)15(20)19-10-8-18(9-11-19)12-6-4-3-5-7-12/h3-7,13,21H,2,8-11H2,1H3,(H2,16,17). The quantitative estimate of drug-likeness (QED) is 0.377. The fraction of sp³-hybridized carbons (Fsp3) is 0.467. The average molecular weight is 290 g/mol. The SMILES string of the molecule is CCC(C(=O)N1CCN(c2ccccc2)CC1)C(N)=NO. The maximum absolute atomic E-state index is 12.4. The van der Waals surface area contributed by atoms with Crippen LogP contribution in [0, 0.1) is 5.92 Å². The van der Waals surface area contributed by atoms with Gasteiger partial charge in [-0.2, -0.15) is 0 Å². The molecule has 3 N–H and O–H groups in total. The number of amides is 1. The Morgan fingerprint density at radius 2 is 1.90 bits per heavy atom. The summed E-state index contributed by atoms with van der Waals surface area (Å²) in [4.78, 5) is 16.5. The number of carbonyl (C=O) groups excluding carboxylic acids is 1. The van der Waals surface area contributed by atoms with Crippen LogP contribution in [0.3, 0.4) is 0 Å². The fourth-order valence-electron chi connectivity index (χ4n) is 2.62. The predicted molar refractivity (Wildman–Crippen MR) is 82.4 cm³/mol. The minimum absolute atomic E-state index is 0.00649. The number of piperazine rings is 1. The van der Waals surface area contributed by atoms with Gasteiger partial charge in [-0.1, -0.05) is 30.3 Å². The van der Waals surface area contributed by atoms with Crippen LogP contribution in [-0.4, -0.2) is 48.0 Å². The molecule has 0 radical (unpaired) electrons. The van der Waals surface area contributed by atoms with Gasteiger partial charge in [-0.05, 0) is 18.6 Å². The summed E-state index contributed by atoms with van der Waals surface area (Å²) in [6.45, 7) is 4.76. The van der Waals surface area contributed by atoms with Gasteiger partial charge in [-0.25, -0.2) is 0 Å². The lowest BCUT2D eigenvalue weighted by molar-refractivity contribution is -0.133. The summed E-state index contributed by atoms with van der Waals surface area (Å²) >= 11 is 0. The van der Waals surface area contributed by atoms with Gasteiger partial charge in [0.25, 0.3) is 0 Å². The first-order valence-electron chi connectivity index (χ1n) is 7.23. The Hall–Kier alpha value is -2.24. The number of benzene rings is 1. The molecular weight excluding hydrogens is 268 g/mol.